The molecule has 0 saturated carbocycles. The number of rotatable bonds is 3. The van der Waals surface area contributed by atoms with Crippen LogP contribution in [0.25, 0.3) is 0 Å². The molecule has 3 heteroatoms. The molecule has 0 saturated heterocycles. The summed E-state index contributed by atoms with van der Waals surface area (Å²) in [6, 6.07) is 0. The molecule has 2 atom stereocenters. The van der Waals surface area contributed by atoms with Crippen molar-refractivity contribution in [2.75, 3.05) is 0 Å². The second-order valence-corrected chi connectivity index (χ2v) is 4.77. The number of carbonyl (C=O) groups is 1. The van der Waals surface area contributed by atoms with Crippen molar-refractivity contribution in [3.8, 4) is 0 Å². The Bertz CT molecular complexity index is 314. The zero-order chi connectivity index (χ0) is 11.6. The van der Waals surface area contributed by atoms with E-state index < -0.39 is 17.4 Å². The van der Waals surface area contributed by atoms with Gasteiger partial charge in [0.05, 0.1) is 11.5 Å². The van der Waals surface area contributed by atoms with Crippen LogP contribution in [0.1, 0.15) is 27.2 Å². The van der Waals surface area contributed by atoms with E-state index in [0.29, 0.717) is 5.92 Å². The lowest BCUT2D eigenvalue weighted by Crippen LogP contribution is -2.49. The Morgan fingerprint density at radius 2 is 2.27 bits per heavy atom. The molecule has 0 fully saturated rings. The zero-order valence-corrected chi connectivity index (χ0v) is 9.53. The highest BCUT2D eigenvalue weighted by Gasteiger charge is 2.38. The van der Waals surface area contributed by atoms with E-state index in [1.54, 1.807) is 19.1 Å². The molecule has 0 amide bonds. The smallest absolute Gasteiger partial charge is 0.312 e. The summed E-state index contributed by atoms with van der Waals surface area (Å²) in [6.07, 6.45) is 6.25. The van der Waals surface area contributed by atoms with E-state index in [2.05, 4.69) is 13.8 Å². The van der Waals surface area contributed by atoms with Crippen LogP contribution in [0.4, 0.5) is 0 Å². The minimum Gasteiger partial charge on any atom is -0.481 e. The van der Waals surface area contributed by atoms with Crippen LogP contribution >= 0.6 is 0 Å². The maximum atomic E-state index is 11.0. The number of allylic oxidation sites excluding steroid dienone is 2. The number of carboxylic acids is 1. The molecule has 0 heterocycles. The van der Waals surface area contributed by atoms with E-state index in [0.717, 1.165) is 12.0 Å². The van der Waals surface area contributed by atoms with Gasteiger partial charge >= 0.3 is 5.97 Å². The van der Waals surface area contributed by atoms with Gasteiger partial charge in [-0.2, -0.15) is 0 Å². The molecule has 0 aliphatic heterocycles. The van der Waals surface area contributed by atoms with Crippen LogP contribution in [0.2, 0.25) is 0 Å². The van der Waals surface area contributed by atoms with Gasteiger partial charge in [0.15, 0.2) is 0 Å². The second kappa shape index (κ2) is 4.19. The summed E-state index contributed by atoms with van der Waals surface area (Å²) in [6.45, 7) is 6.00. The monoisotopic (exact) mass is 209 g/mol. The molecular formula is C12H19NO2. The first-order valence-corrected chi connectivity index (χ1v) is 5.25. The van der Waals surface area contributed by atoms with Gasteiger partial charge in [0.2, 0.25) is 0 Å². The first-order chi connectivity index (χ1) is 6.85. The lowest BCUT2D eigenvalue weighted by Gasteiger charge is -2.35. The molecule has 0 aromatic rings. The lowest BCUT2D eigenvalue weighted by atomic mass is 9.74. The van der Waals surface area contributed by atoms with Crippen molar-refractivity contribution in [2.24, 2.45) is 17.6 Å². The summed E-state index contributed by atoms with van der Waals surface area (Å²) >= 11 is 0. The van der Waals surface area contributed by atoms with E-state index in [-0.39, 0.29) is 0 Å². The summed E-state index contributed by atoms with van der Waals surface area (Å²) < 4.78 is 0. The van der Waals surface area contributed by atoms with E-state index in [4.69, 9.17) is 10.8 Å². The molecule has 1 rings (SSSR count). The number of nitrogens with two attached hydrogens (primary N) is 1. The maximum absolute atomic E-state index is 11.0. The van der Waals surface area contributed by atoms with E-state index >= 15 is 0 Å². The summed E-state index contributed by atoms with van der Waals surface area (Å²) in [5.74, 6) is -0.984. The Labute approximate surface area is 90.7 Å². The summed E-state index contributed by atoms with van der Waals surface area (Å²) in [5.41, 5.74) is 6.38. The van der Waals surface area contributed by atoms with Crippen molar-refractivity contribution in [3.63, 3.8) is 0 Å². The topological polar surface area (TPSA) is 63.3 Å². The van der Waals surface area contributed by atoms with Gasteiger partial charge in [0, 0.05) is 0 Å². The third-order valence-corrected chi connectivity index (χ3v) is 2.83. The highest BCUT2D eigenvalue weighted by Crippen LogP contribution is 2.32. The third-order valence-electron chi connectivity index (χ3n) is 2.83. The lowest BCUT2D eigenvalue weighted by molar-refractivity contribution is -0.141. The standard InChI is InChI=1S/C12H19NO2/c1-8(2)7-9-5-4-6-10(11(14)15)12(9,3)13/h4-6,8,10H,7,13H2,1-3H3,(H,14,15). The number of hydrogen-bond donors (Lipinski definition) is 2. The Hall–Kier alpha value is -1.09. The number of carboxylic acid groups (broad SMARTS) is 1. The fourth-order valence-electron chi connectivity index (χ4n) is 1.93. The van der Waals surface area contributed by atoms with Crippen molar-refractivity contribution in [3.05, 3.63) is 23.8 Å². The van der Waals surface area contributed by atoms with Crippen LogP contribution in [-0.4, -0.2) is 16.6 Å². The van der Waals surface area contributed by atoms with Crippen molar-refractivity contribution < 1.29 is 9.90 Å². The molecule has 0 aromatic heterocycles. The van der Waals surface area contributed by atoms with Gasteiger partial charge in [-0.25, -0.2) is 0 Å². The van der Waals surface area contributed by atoms with Gasteiger partial charge in [-0.15, -0.1) is 0 Å². The van der Waals surface area contributed by atoms with Crippen LogP contribution in [0, 0.1) is 11.8 Å². The Kier molecular flexibility index (Phi) is 3.35. The Morgan fingerprint density at radius 3 is 2.73 bits per heavy atom. The highest BCUT2D eigenvalue weighted by atomic mass is 16.4. The van der Waals surface area contributed by atoms with Crippen molar-refractivity contribution in [2.45, 2.75) is 32.7 Å². The van der Waals surface area contributed by atoms with E-state index in [1.165, 1.54) is 0 Å². The molecule has 84 valence electrons. The van der Waals surface area contributed by atoms with Crippen molar-refractivity contribution in [1.29, 1.82) is 0 Å². The molecule has 0 radical (unpaired) electrons. The molecule has 0 bridgehead atoms. The average molecular weight is 209 g/mol. The van der Waals surface area contributed by atoms with E-state index in [9.17, 15) is 4.79 Å². The first kappa shape index (κ1) is 12.0. The second-order valence-electron chi connectivity index (χ2n) is 4.77. The Morgan fingerprint density at radius 1 is 1.67 bits per heavy atom. The third kappa shape index (κ3) is 2.48. The SMILES string of the molecule is CC(C)CC1=CC=CC(C(=O)O)C1(C)N. The molecule has 1 aliphatic rings. The fraction of sp³-hybridized carbons (Fsp3) is 0.583. The minimum atomic E-state index is -0.856. The zero-order valence-electron chi connectivity index (χ0n) is 9.53. The van der Waals surface area contributed by atoms with Gasteiger partial charge in [0.1, 0.15) is 0 Å². The maximum Gasteiger partial charge on any atom is 0.312 e. The number of aliphatic carboxylic acids is 1. The normalized spacial score (nSPS) is 30.5. The van der Waals surface area contributed by atoms with Gasteiger partial charge < -0.3 is 10.8 Å². The first-order valence-electron chi connectivity index (χ1n) is 5.25. The van der Waals surface area contributed by atoms with Crippen LogP contribution < -0.4 is 5.73 Å². The van der Waals surface area contributed by atoms with Crippen LogP contribution in [0.3, 0.4) is 0 Å². The van der Waals surface area contributed by atoms with Crippen LogP contribution in [-0.2, 0) is 4.79 Å². The van der Waals surface area contributed by atoms with Gasteiger partial charge in [0.25, 0.3) is 0 Å². The van der Waals surface area contributed by atoms with Gasteiger partial charge in [-0.3, -0.25) is 4.79 Å². The molecular weight excluding hydrogens is 190 g/mol. The van der Waals surface area contributed by atoms with Crippen LogP contribution in [0.15, 0.2) is 23.8 Å². The molecule has 0 spiro atoms. The Balaban J connectivity index is 2.94. The molecule has 3 N–H and O–H groups in total. The van der Waals surface area contributed by atoms with Gasteiger partial charge in [-0.05, 0) is 24.8 Å². The molecule has 15 heavy (non-hydrogen) atoms. The van der Waals surface area contributed by atoms with Crippen molar-refractivity contribution >= 4 is 5.97 Å². The predicted molar refractivity (Wildman–Crippen MR) is 60.4 cm³/mol. The molecule has 2 unspecified atom stereocenters. The molecule has 1 aliphatic carbocycles. The highest BCUT2D eigenvalue weighted by molar-refractivity contribution is 5.75. The predicted octanol–water partition coefficient (Wildman–Crippen LogP) is 1.95. The van der Waals surface area contributed by atoms with Crippen molar-refractivity contribution in [1.82, 2.24) is 0 Å². The molecule has 0 aromatic carbocycles. The summed E-state index contributed by atoms with van der Waals surface area (Å²) in [7, 11) is 0. The largest absolute Gasteiger partial charge is 0.481 e. The van der Waals surface area contributed by atoms with Gasteiger partial charge in [-0.1, -0.05) is 32.1 Å². The van der Waals surface area contributed by atoms with E-state index in [1.807, 2.05) is 6.08 Å². The van der Waals surface area contributed by atoms with Crippen LogP contribution in [0.5, 0.6) is 0 Å². The fourth-order valence-corrected chi connectivity index (χ4v) is 1.93. The summed E-state index contributed by atoms with van der Waals surface area (Å²) in [4.78, 5) is 11.0. The average Bonchev–Trinajstić information content (AvgIpc) is 2.06. The molecule has 3 nitrogen and oxygen atoms in total. The summed E-state index contributed by atoms with van der Waals surface area (Å²) in [5, 5.41) is 9.07. The number of hydrogen-bond acceptors (Lipinski definition) is 2. The quantitative estimate of drug-likeness (QED) is 0.746. The minimum absolute atomic E-state index is 0.486.